The zero-order valence-corrected chi connectivity index (χ0v) is 19.9. The zero-order chi connectivity index (χ0) is 23.3. The van der Waals surface area contributed by atoms with Gasteiger partial charge in [-0.2, -0.15) is 0 Å². The van der Waals surface area contributed by atoms with Gasteiger partial charge in [0.1, 0.15) is 6.04 Å². The molecule has 0 aliphatic carbocycles. The Balaban J connectivity index is 1.60. The summed E-state index contributed by atoms with van der Waals surface area (Å²) in [5.74, 6) is -2.04. The van der Waals surface area contributed by atoms with Crippen LogP contribution >= 0.6 is 27.5 Å². The molecule has 0 aromatic heterocycles. The molecule has 2 saturated heterocycles. The fourth-order valence-electron chi connectivity index (χ4n) is 4.46. The highest BCUT2D eigenvalue weighted by atomic mass is 79.9. The summed E-state index contributed by atoms with van der Waals surface area (Å²) in [6.45, 7) is 1.97. The van der Waals surface area contributed by atoms with E-state index in [1.165, 1.54) is 5.01 Å². The summed E-state index contributed by atoms with van der Waals surface area (Å²) in [4.78, 5) is 41.8. The molecule has 33 heavy (non-hydrogen) atoms. The van der Waals surface area contributed by atoms with Crippen LogP contribution in [0.15, 0.2) is 77.3 Å². The molecule has 6 nitrogen and oxygen atoms in total. The van der Waals surface area contributed by atoms with Crippen molar-refractivity contribution in [1.29, 1.82) is 0 Å². The normalized spacial score (nSPS) is 22.1. The molecule has 2 heterocycles. The van der Waals surface area contributed by atoms with Gasteiger partial charge in [-0.1, -0.05) is 75.6 Å². The van der Waals surface area contributed by atoms with Crippen LogP contribution in [0.2, 0.25) is 5.02 Å². The van der Waals surface area contributed by atoms with Gasteiger partial charge in [-0.05, 0) is 42.8 Å². The Morgan fingerprint density at radius 3 is 2.39 bits per heavy atom. The first-order valence-corrected chi connectivity index (χ1v) is 11.6. The number of amides is 3. The van der Waals surface area contributed by atoms with Gasteiger partial charge in [0.05, 0.1) is 22.7 Å². The average Bonchev–Trinajstić information content (AvgIpc) is 3.31. The van der Waals surface area contributed by atoms with E-state index >= 15 is 0 Å². The number of hydrazine groups is 1. The largest absolute Gasteiger partial charge is 0.274 e. The number of aryl methyl sites for hydroxylation is 1. The summed E-state index contributed by atoms with van der Waals surface area (Å²) in [5.41, 5.74) is 5.77. The Kier molecular flexibility index (Phi) is 5.56. The second kappa shape index (κ2) is 8.41. The molecule has 2 fully saturated rings. The lowest BCUT2D eigenvalue weighted by atomic mass is 9.90. The Morgan fingerprint density at radius 2 is 1.70 bits per heavy atom. The SMILES string of the molecule is Cc1ccc([C@@H]2NN(C(=O)c3cccc(Br)c3)[C@@H]3C(=O)N(c4ccccc4Cl)C(=O)[C@H]32)cc1. The molecule has 3 aromatic rings. The van der Waals surface area contributed by atoms with Crippen LogP contribution in [0.1, 0.15) is 27.5 Å². The molecule has 3 atom stereocenters. The molecule has 2 aliphatic rings. The standard InChI is InChI=1S/C25H19BrClN3O3/c1-14-9-11-15(12-10-14)21-20-22(30(28-21)23(31)16-5-4-6-17(26)13-16)25(33)29(24(20)32)19-8-3-2-7-18(19)27/h2-13,20-22,28H,1H3/t20-,21-,22-/m0/s1. The lowest BCUT2D eigenvalue weighted by molar-refractivity contribution is -0.123. The molecule has 0 bridgehead atoms. The lowest BCUT2D eigenvalue weighted by Crippen LogP contribution is -2.48. The van der Waals surface area contributed by atoms with E-state index in [4.69, 9.17) is 11.6 Å². The summed E-state index contributed by atoms with van der Waals surface area (Å²) in [6, 6.07) is 19.8. The maximum atomic E-state index is 13.6. The number of halogens is 2. The van der Waals surface area contributed by atoms with Gasteiger partial charge in [0.15, 0.2) is 0 Å². The molecule has 8 heteroatoms. The monoisotopic (exact) mass is 523 g/mol. The molecule has 2 aliphatic heterocycles. The average molecular weight is 525 g/mol. The van der Waals surface area contributed by atoms with Crippen molar-refractivity contribution in [3.8, 4) is 0 Å². The minimum Gasteiger partial charge on any atom is -0.274 e. The van der Waals surface area contributed by atoms with Crippen LogP contribution in [0.4, 0.5) is 5.69 Å². The van der Waals surface area contributed by atoms with Crippen LogP contribution in [0, 0.1) is 12.8 Å². The molecule has 3 aromatic carbocycles. The Hall–Kier alpha value is -3.00. The third-order valence-electron chi connectivity index (χ3n) is 6.05. The number of nitrogens with one attached hydrogen (secondary N) is 1. The van der Waals surface area contributed by atoms with Gasteiger partial charge in [0.25, 0.3) is 11.8 Å². The number of carbonyl (C=O) groups is 3. The zero-order valence-electron chi connectivity index (χ0n) is 17.5. The second-order valence-electron chi connectivity index (χ2n) is 8.14. The van der Waals surface area contributed by atoms with Gasteiger partial charge in [0, 0.05) is 10.0 Å². The first kappa shape index (κ1) is 21.8. The van der Waals surface area contributed by atoms with Gasteiger partial charge in [-0.3, -0.25) is 19.4 Å². The summed E-state index contributed by atoms with van der Waals surface area (Å²) in [7, 11) is 0. The predicted octanol–water partition coefficient (Wildman–Crippen LogP) is 4.67. The molecule has 3 amide bonds. The van der Waals surface area contributed by atoms with Crippen molar-refractivity contribution >= 4 is 50.9 Å². The van der Waals surface area contributed by atoms with E-state index in [1.807, 2.05) is 37.3 Å². The molecule has 5 rings (SSSR count). The van der Waals surface area contributed by atoms with E-state index in [1.54, 1.807) is 42.5 Å². The molecule has 0 radical (unpaired) electrons. The predicted molar refractivity (Wildman–Crippen MR) is 129 cm³/mol. The van der Waals surface area contributed by atoms with Crippen LogP contribution in [0.3, 0.4) is 0 Å². The quantitative estimate of drug-likeness (QED) is 0.506. The Morgan fingerprint density at radius 1 is 0.970 bits per heavy atom. The van der Waals surface area contributed by atoms with Crippen LogP contribution in [0.25, 0.3) is 0 Å². The highest BCUT2D eigenvalue weighted by molar-refractivity contribution is 9.10. The van der Waals surface area contributed by atoms with Crippen molar-refractivity contribution in [2.75, 3.05) is 4.90 Å². The highest BCUT2D eigenvalue weighted by Gasteiger charge is 2.60. The third kappa shape index (κ3) is 3.66. The van der Waals surface area contributed by atoms with Crippen molar-refractivity contribution in [3.05, 3.63) is 99.0 Å². The van der Waals surface area contributed by atoms with E-state index in [0.29, 0.717) is 16.3 Å². The van der Waals surface area contributed by atoms with Crippen molar-refractivity contribution in [1.82, 2.24) is 10.4 Å². The Labute approximate surface area is 204 Å². The van der Waals surface area contributed by atoms with Crippen molar-refractivity contribution < 1.29 is 14.4 Å². The smallest absolute Gasteiger partial charge is 0.268 e. The van der Waals surface area contributed by atoms with Crippen LogP contribution in [-0.4, -0.2) is 28.8 Å². The van der Waals surface area contributed by atoms with E-state index in [9.17, 15) is 14.4 Å². The highest BCUT2D eigenvalue weighted by Crippen LogP contribution is 2.43. The van der Waals surface area contributed by atoms with Crippen molar-refractivity contribution in [2.45, 2.75) is 19.0 Å². The van der Waals surface area contributed by atoms with Crippen LogP contribution in [-0.2, 0) is 9.59 Å². The molecular formula is C25H19BrClN3O3. The Bertz CT molecular complexity index is 1280. The van der Waals surface area contributed by atoms with Gasteiger partial charge in [-0.25, -0.2) is 10.3 Å². The third-order valence-corrected chi connectivity index (χ3v) is 6.87. The van der Waals surface area contributed by atoms with Gasteiger partial charge >= 0.3 is 0 Å². The number of benzene rings is 3. The molecule has 0 spiro atoms. The van der Waals surface area contributed by atoms with Crippen molar-refractivity contribution in [2.24, 2.45) is 5.92 Å². The summed E-state index contributed by atoms with van der Waals surface area (Å²) in [5, 5.41) is 1.59. The maximum Gasteiger partial charge on any atom is 0.268 e. The van der Waals surface area contributed by atoms with E-state index in [2.05, 4.69) is 21.4 Å². The first-order chi connectivity index (χ1) is 15.9. The number of rotatable bonds is 3. The number of anilines is 1. The minimum absolute atomic E-state index is 0.295. The summed E-state index contributed by atoms with van der Waals surface area (Å²) >= 11 is 9.71. The minimum atomic E-state index is -0.994. The molecular weight excluding hydrogens is 506 g/mol. The number of carbonyl (C=O) groups excluding carboxylic acids is 3. The van der Waals surface area contributed by atoms with Gasteiger partial charge in [-0.15, -0.1) is 0 Å². The number of fused-ring (bicyclic) bond motifs is 1. The molecule has 0 saturated carbocycles. The van der Waals surface area contributed by atoms with E-state index in [-0.39, 0.29) is 11.8 Å². The van der Waals surface area contributed by atoms with Crippen molar-refractivity contribution in [3.63, 3.8) is 0 Å². The topological polar surface area (TPSA) is 69.7 Å². The number of nitrogens with zero attached hydrogens (tertiary/aromatic N) is 2. The van der Waals surface area contributed by atoms with E-state index in [0.717, 1.165) is 20.5 Å². The number of para-hydroxylation sites is 1. The fraction of sp³-hybridized carbons (Fsp3) is 0.160. The first-order valence-electron chi connectivity index (χ1n) is 10.4. The van der Waals surface area contributed by atoms with Crippen LogP contribution in [0.5, 0.6) is 0 Å². The fourth-order valence-corrected chi connectivity index (χ4v) is 5.08. The van der Waals surface area contributed by atoms with Gasteiger partial charge in [0.2, 0.25) is 5.91 Å². The summed E-state index contributed by atoms with van der Waals surface area (Å²) in [6.07, 6.45) is 0. The summed E-state index contributed by atoms with van der Waals surface area (Å²) < 4.78 is 0.741. The number of imide groups is 1. The molecule has 0 unspecified atom stereocenters. The number of hydrogen-bond donors (Lipinski definition) is 1. The maximum absolute atomic E-state index is 13.6. The lowest BCUT2D eigenvalue weighted by Gasteiger charge is -2.25. The number of hydrogen-bond acceptors (Lipinski definition) is 4. The van der Waals surface area contributed by atoms with E-state index < -0.39 is 23.9 Å². The van der Waals surface area contributed by atoms with Gasteiger partial charge < -0.3 is 0 Å². The molecule has 166 valence electrons. The van der Waals surface area contributed by atoms with Crippen LogP contribution < -0.4 is 10.3 Å². The second-order valence-corrected chi connectivity index (χ2v) is 9.46. The molecule has 1 N–H and O–H groups in total.